The number of nitrogens with one attached hydrogen (secondary N) is 1. The minimum atomic E-state index is -3.29. The molecular formula is C10H16N2O3S. The third-order valence-electron chi connectivity index (χ3n) is 1.98. The highest BCUT2D eigenvalue weighted by atomic mass is 32.2. The van der Waals surface area contributed by atoms with E-state index >= 15 is 0 Å². The molecule has 6 heteroatoms. The van der Waals surface area contributed by atoms with Crippen LogP contribution in [-0.4, -0.2) is 27.8 Å². The number of rotatable bonds is 6. The van der Waals surface area contributed by atoms with E-state index < -0.39 is 10.0 Å². The predicted molar refractivity (Wildman–Crippen MR) is 64.1 cm³/mol. The van der Waals surface area contributed by atoms with Gasteiger partial charge in [0.2, 0.25) is 10.0 Å². The molecule has 0 saturated carbocycles. The maximum absolute atomic E-state index is 11.5. The Morgan fingerprint density at radius 3 is 2.44 bits per heavy atom. The van der Waals surface area contributed by atoms with Gasteiger partial charge in [0.05, 0.1) is 12.9 Å². The van der Waals surface area contributed by atoms with E-state index in [-0.39, 0.29) is 5.75 Å². The van der Waals surface area contributed by atoms with Crippen LogP contribution in [0.25, 0.3) is 0 Å². The fraction of sp³-hybridized carbons (Fsp3) is 0.400. The molecule has 0 unspecified atom stereocenters. The first-order valence-corrected chi connectivity index (χ1v) is 6.57. The third kappa shape index (κ3) is 4.08. The fourth-order valence-electron chi connectivity index (χ4n) is 1.16. The van der Waals surface area contributed by atoms with Crippen LogP contribution in [0.3, 0.4) is 0 Å². The molecule has 0 saturated heterocycles. The first-order valence-electron chi connectivity index (χ1n) is 4.92. The molecule has 1 aromatic carbocycles. The van der Waals surface area contributed by atoms with Crippen molar-refractivity contribution in [2.45, 2.75) is 6.42 Å². The first-order chi connectivity index (χ1) is 7.57. The smallest absolute Gasteiger partial charge is 0.232 e. The Labute approximate surface area is 95.7 Å². The van der Waals surface area contributed by atoms with Crippen LogP contribution in [0.4, 0.5) is 5.69 Å². The van der Waals surface area contributed by atoms with Gasteiger partial charge in [0.1, 0.15) is 5.75 Å². The van der Waals surface area contributed by atoms with Crippen molar-refractivity contribution in [2.24, 2.45) is 5.73 Å². The number of benzene rings is 1. The number of hydrogen-bond acceptors (Lipinski definition) is 4. The van der Waals surface area contributed by atoms with E-state index in [0.29, 0.717) is 24.4 Å². The number of anilines is 1. The summed E-state index contributed by atoms with van der Waals surface area (Å²) in [4.78, 5) is 0. The molecule has 0 aliphatic heterocycles. The third-order valence-corrected chi connectivity index (χ3v) is 3.35. The lowest BCUT2D eigenvalue weighted by Gasteiger charge is -2.07. The summed E-state index contributed by atoms with van der Waals surface area (Å²) in [5, 5.41) is 0. The lowest BCUT2D eigenvalue weighted by atomic mass is 10.3. The summed E-state index contributed by atoms with van der Waals surface area (Å²) in [6, 6.07) is 6.69. The van der Waals surface area contributed by atoms with Crippen LogP contribution in [0, 0.1) is 0 Å². The summed E-state index contributed by atoms with van der Waals surface area (Å²) < 4.78 is 30.5. The minimum absolute atomic E-state index is 0.0372. The minimum Gasteiger partial charge on any atom is -0.497 e. The van der Waals surface area contributed by atoms with Gasteiger partial charge >= 0.3 is 0 Å². The topological polar surface area (TPSA) is 81.4 Å². The van der Waals surface area contributed by atoms with E-state index in [1.54, 1.807) is 31.4 Å². The molecule has 90 valence electrons. The van der Waals surface area contributed by atoms with Gasteiger partial charge in [-0.2, -0.15) is 0 Å². The van der Waals surface area contributed by atoms with Crippen molar-refractivity contribution in [3.05, 3.63) is 24.3 Å². The first kappa shape index (κ1) is 12.8. The van der Waals surface area contributed by atoms with E-state index in [1.165, 1.54) is 0 Å². The molecule has 0 aliphatic carbocycles. The average molecular weight is 244 g/mol. The largest absolute Gasteiger partial charge is 0.497 e. The zero-order valence-corrected chi connectivity index (χ0v) is 9.96. The highest BCUT2D eigenvalue weighted by Gasteiger charge is 2.09. The van der Waals surface area contributed by atoms with E-state index in [9.17, 15) is 8.42 Å². The van der Waals surface area contributed by atoms with E-state index in [4.69, 9.17) is 10.5 Å². The summed E-state index contributed by atoms with van der Waals surface area (Å²) in [5.41, 5.74) is 5.78. The Hall–Kier alpha value is -1.27. The SMILES string of the molecule is COc1ccc(NS(=O)(=O)CCCN)cc1. The van der Waals surface area contributed by atoms with Crippen LogP contribution >= 0.6 is 0 Å². The summed E-state index contributed by atoms with van der Waals surface area (Å²) in [5.74, 6) is 0.722. The maximum atomic E-state index is 11.5. The van der Waals surface area contributed by atoms with Crippen molar-refractivity contribution in [3.63, 3.8) is 0 Å². The lowest BCUT2D eigenvalue weighted by Crippen LogP contribution is -2.18. The fourth-order valence-corrected chi connectivity index (χ4v) is 2.31. The zero-order chi connectivity index (χ0) is 12.0. The Bertz CT molecular complexity index is 414. The Kier molecular flexibility index (Phi) is 4.57. The second kappa shape index (κ2) is 5.72. The molecule has 0 aliphatic rings. The molecule has 1 rings (SSSR count). The van der Waals surface area contributed by atoms with Gasteiger partial charge in [0, 0.05) is 5.69 Å². The van der Waals surface area contributed by atoms with Crippen molar-refractivity contribution in [3.8, 4) is 5.75 Å². The van der Waals surface area contributed by atoms with Crippen molar-refractivity contribution < 1.29 is 13.2 Å². The standard InChI is InChI=1S/C10H16N2O3S/c1-15-10-5-3-9(4-6-10)12-16(13,14)8-2-7-11/h3-6,12H,2,7-8,11H2,1H3. The van der Waals surface area contributed by atoms with Crippen LogP contribution in [-0.2, 0) is 10.0 Å². The molecular weight excluding hydrogens is 228 g/mol. The number of hydrogen-bond donors (Lipinski definition) is 2. The Morgan fingerprint density at radius 2 is 1.94 bits per heavy atom. The van der Waals surface area contributed by atoms with Crippen molar-refractivity contribution in [2.75, 3.05) is 24.1 Å². The number of nitrogens with two attached hydrogens (primary N) is 1. The average Bonchev–Trinajstić information content (AvgIpc) is 2.27. The van der Waals surface area contributed by atoms with Crippen molar-refractivity contribution in [1.82, 2.24) is 0 Å². The molecule has 0 heterocycles. The quantitative estimate of drug-likeness (QED) is 0.775. The second-order valence-electron chi connectivity index (χ2n) is 3.29. The summed E-state index contributed by atoms with van der Waals surface area (Å²) in [7, 11) is -1.73. The Morgan fingerprint density at radius 1 is 1.31 bits per heavy atom. The van der Waals surface area contributed by atoms with E-state index in [1.807, 2.05) is 0 Å². The molecule has 3 N–H and O–H groups in total. The highest BCUT2D eigenvalue weighted by molar-refractivity contribution is 7.92. The van der Waals surface area contributed by atoms with Crippen LogP contribution in [0.5, 0.6) is 5.75 Å². The van der Waals surface area contributed by atoms with Crippen molar-refractivity contribution >= 4 is 15.7 Å². The summed E-state index contributed by atoms with van der Waals surface area (Å²) in [6.45, 7) is 0.365. The molecule has 1 aromatic rings. The lowest BCUT2D eigenvalue weighted by molar-refractivity contribution is 0.415. The van der Waals surface area contributed by atoms with Gasteiger partial charge in [-0.05, 0) is 37.2 Å². The van der Waals surface area contributed by atoms with Gasteiger partial charge in [0.15, 0.2) is 0 Å². The van der Waals surface area contributed by atoms with E-state index in [0.717, 1.165) is 0 Å². The number of sulfonamides is 1. The van der Waals surface area contributed by atoms with Gasteiger partial charge in [-0.1, -0.05) is 0 Å². The van der Waals surface area contributed by atoms with Crippen LogP contribution < -0.4 is 15.2 Å². The molecule has 0 radical (unpaired) electrons. The normalized spacial score (nSPS) is 11.1. The molecule has 0 spiro atoms. The zero-order valence-electron chi connectivity index (χ0n) is 9.14. The molecule has 5 nitrogen and oxygen atoms in total. The predicted octanol–water partition coefficient (Wildman–Crippen LogP) is 0.786. The molecule has 16 heavy (non-hydrogen) atoms. The molecule has 0 atom stereocenters. The molecule has 0 fully saturated rings. The van der Waals surface area contributed by atoms with Gasteiger partial charge in [0.25, 0.3) is 0 Å². The van der Waals surface area contributed by atoms with Gasteiger partial charge < -0.3 is 10.5 Å². The van der Waals surface area contributed by atoms with Gasteiger partial charge in [-0.15, -0.1) is 0 Å². The maximum Gasteiger partial charge on any atom is 0.232 e. The monoisotopic (exact) mass is 244 g/mol. The summed E-state index contributed by atoms with van der Waals surface area (Å²) >= 11 is 0. The molecule has 0 amide bonds. The second-order valence-corrected chi connectivity index (χ2v) is 5.13. The Balaban J connectivity index is 2.65. The number of ether oxygens (including phenoxy) is 1. The van der Waals surface area contributed by atoms with Crippen LogP contribution in [0.15, 0.2) is 24.3 Å². The van der Waals surface area contributed by atoms with Crippen LogP contribution in [0.1, 0.15) is 6.42 Å². The van der Waals surface area contributed by atoms with Crippen molar-refractivity contribution in [1.29, 1.82) is 0 Å². The molecule has 0 aromatic heterocycles. The van der Waals surface area contributed by atoms with Gasteiger partial charge in [-0.25, -0.2) is 8.42 Å². The van der Waals surface area contributed by atoms with Gasteiger partial charge in [-0.3, -0.25) is 4.72 Å². The van der Waals surface area contributed by atoms with Crippen LogP contribution in [0.2, 0.25) is 0 Å². The summed E-state index contributed by atoms with van der Waals surface area (Å²) in [6.07, 6.45) is 0.450. The number of methoxy groups -OCH3 is 1. The highest BCUT2D eigenvalue weighted by Crippen LogP contribution is 2.16. The molecule has 0 bridgehead atoms. The van der Waals surface area contributed by atoms with E-state index in [2.05, 4.69) is 4.72 Å².